The van der Waals surface area contributed by atoms with Crippen LogP contribution in [0, 0.1) is 13.8 Å². The number of para-hydroxylation sites is 1. The number of nitrogens with zero attached hydrogens (tertiary/aromatic N) is 3. The van der Waals surface area contributed by atoms with Crippen LogP contribution in [0.25, 0.3) is 0 Å². The van der Waals surface area contributed by atoms with E-state index in [-0.39, 0.29) is 24.6 Å². The van der Waals surface area contributed by atoms with Gasteiger partial charge in [0.2, 0.25) is 0 Å². The number of carbonyl (C=O) groups is 1. The first-order valence-electron chi connectivity index (χ1n) is 13.2. The second kappa shape index (κ2) is 12.3. The van der Waals surface area contributed by atoms with E-state index in [4.69, 9.17) is 21.7 Å². The maximum absolute atomic E-state index is 12.5. The van der Waals surface area contributed by atoms with E-state index in [1.807, 2.05) is 72.8 Å². The van der Waals surface area contributed by atoms with E-state index in [1.165, 1.54) is 11.3 Å². The SMILES string of the molecule is COCCn1c(C)cc([C@H]2[C@@H](c3ccccn3)NC(=S)N2c2ccc(NC(=O)COc3ccccc3)cc2)c1C. The number of methoxy groups -OCH3 is 1. The number of benzene rings is 2. The van der Waals surface area contributed by atoms with Crippen LogP contribution in [-0.4, -0.2) is 40.9 Å². The first-order valence-corrected chi connectivity index (χ1v) is 13.6. The van der Waals surface area contributed by atoms with Crippen molar-refractivity contribution in [3.63, 3.8) is 0 Å². The average molecular weight is 556 g/mol. The van der Waals surface area contributed by atoms with Gasteiger partial charge in [0.15, 0.2) is 11.7 Å². The zero-order chi connectivity index (χ0) is 28.1. The van der Waals surface area contributed by atoms with Gasteiger partial charge in [0, 0.05) is 42.6 Å². The van der Waals surface area contributed by atoms with Gasteiger partial charge in [0.1, 0.15) is 5.75 Å². The highest BCUT2D eigenvalue weighted by Gasteiger charge is 2.42. The molecule has 5 rings (SSSR count). The summed E-state index contributed by atoms with van der Waals surface area (Å²) in [6, 6.07) is 24.9. The summed E-state index contributed by atoms with van der Waals surface area (Å²) in [7, 11) is 1.72. The molecule has 1 aliphatic rings. The monoisotopic (exact) mass is 555 g/mol. The summed E-state index contributed by atoms with van der Waals surface area (Å²) in [5, 5.41) is 7.04. The van der Waals surface area contributed by atoms with Crippen molar-refractivity contribution in [2.75, 3.05) is 30.5 Å². The third kappa shape index (κ3) is 5.85. The number of hydrogen-bond donors (Lipinski definition) is 2. The molecule has 0 aliphatic carbocycles. The van der Waals surface area contributed by atoms with Crippen LogP contribution in [0.3, 0.4) is 0 Å². The van der Waals surface area contributed by atoms with E-state index in [1.54, 1.807) is 13.3 Å². The smallest absolute Gasteiger partial charge is 0.262 e. The molecule has 1 fully saturated rings. The Morgan fingerprint density at radius 1 is 1.05 bits per heavy atom. The normalized spacial score (nSPS) is 16.6. The minimum Gasteiger partial charge on any atom is -0.484 e. The molecule has 3 heterocycles. The van der Waals surface area contributed by atoms with E-state index in [2.05, 4.69) is 45.0 Å². The molecule has 2 aromatic heterocycles. The molecule has 40 heavy (non-hydrogen) atoms. The third-order valence-corrected chi connectivity index (χ3v) is 7.41. The van der Waals surface area contributed by atoms with Gasteiger partial charge in [-0.2, -0.15) is 0 Å². The van der Waals surface area contributed by atoms with E-state index >= 15 is 0 Å². The molecule has 8 nitrogen and oxygen atoms in total. The van der Waals surface area contributed by atoms with Gasteiger partial charge in [-0.15, -0.1) is 0 Å². The van der Waals surface area contributed by atoms with Crippen LogP contribution in [0.1, 0.15) is 34.7 Å². The Labute approximate surface area is 239 Å². The second-order valence-corrected chi connectivity index (χ2v) is 10.1. The molecule has 0 spiro atoms. The van der Waals surface area contributed by atoms with Crippen LogP contribution >= 0.6 is 12.2 Å². The molecule has 0 bridgehead atoms. The summed E-state index contributed by atoms with van der Waals surface area (Å²) < 4.78 is 13.2. The summed E-state index contributed by atoms with van der Waals surface area (Å²) >= 11 is 5.89. The van der Waals surface area contributed by atoms with Crippen LogP contribution in [0.15, 0.2) is 85.1 Å². The van der Waals surface area contributed by atoms with Crippen molar-refractivity contribution in [1.29, 1.82) is 0 Å². The van der Waals surface area contributed by atoms with Crippen molar-refractivity contribution >= 4 is 34.6 Å². The summed E-state index contributed by atoms with van der Waals surface area (Å²) in [6.07, 6.45) is 1.81. The highest BCUT2D eigenvalue weighted by Crippen LogP contribution is 2.43. The van der Waals surface area contributed by atoms with Crippen molar-refractivity contribution in [3.05, 3.63) is 108 Å². The maximum Gasteiger partial charge on any atom is 0.262 e. The fourth-order valence-electron chi connectivity index (χ4n) is 5.17. The lowest BCUT2D eigenvalue weighted by molar-refractivity contribution is -0.118. The lowest BCUT2D eigenvalue weighted by atomic mass is 9.96. The van der Waals surface area contributed by atoms with Crippen LogP contribution in [0.4, 0.5) is 11.4 Å². The summed E-state index contributed by atoms with van der Waals surface area (Å²) in [6.45, 7) is 5.59. The van der Waals surface area contributed by atoms with Crippen molar-refractivity contribution in [1.82, 2.24) is 14.9 Å². The molecule has 2 aromatic carbocycles. The van der Waals surface area contributed by atoms with Crippen LogP contribution in [0.5, 0.6) is 5.75 Å². The molecule has 4 aromatic rings. The number of aryl methyl sites for hydroxylation is 1. The molecule has 0 unspecified atom stereocenters. The number of nitrogens with one attached hydrogen (secondary N) is 2. The second-order valence-electron chi connectivity index (χ2n) is 9.66. The Balaban J connectivity index is 1.40. The van der Waals surface area contributed by atoms with Gasteiger partial charge < -0.3 is 29.6 Å². The molecule has 1 aliphatic heterocycles. The highest BCUT2D eigenvalue weighted by atomic mass is 32.1. The average Bonchev–Trinajstić information content (AvgIpc) is 3.46. The first-order chi connectivity index (χ1) is 19.5. The number of rotatable bonds is 10. The highest BCUT2D eigenvalue weighted by molar-refractivity contribution is 7.80. The number of amides is 1. The Hall–Kier alpha value is -4.21. The first kappa shape index (κ1) is 27.4. The fraction of sp³-hybridized carbons (Fsp3) is 0.258. The van der Waals surface area contributed by atoms with Gasteiger partial charge in [0.05, 0.1) is 24.4 Å². The summed E-state index contributed by atoms with van der Waals surface area (Å²) in [4.78, 5) is 19.3. The third-order valence-electron chi connectivity index (χ3n) is 7.09. The molecule has 1 saturated heterocycles. The minimum absolute atomic E-state index is 0.0710. The van der Waals surface area contributed by atoms with Gasteiger partial charge in [-0.05, 0) is 86.2 Å². The standard InChI is InChI=1S/C31H33N5O3S/c1-21-19-26(22(2)35(21)17-18-38-3)30-29(27-11-7-8-16-32-27)34-31(40)36(30)24-14-12-23(13-15-24)33-28(37)20-39-25-9-5-4-6-10-25/h4-16,19,29-30H,17-18,20H2,1-3H3,(H,33,37)(H,34,40)/t29-,30+/m1/s1. The van der Waals surface area contributed by atoms with Gasteiger partial charge in [-0.25, -0.2) is 0 Å². The van der Waals surface area contributed by atoms with Crippen LogP contribution in [0.2, 0.25) is 0 Å². The molecule has 2 atom stereocenters. The number of hydrogen-bond acceptors (Lipinski definition) is 5. The Kier molecular flexibility index (Phi) is 8.42. The molecule has 0 saturated carbocycles. The van der Waals surface area contributed by atoms with E-state index < -0.39 is 0 Å². The topological polar surface area (TPSA) is 80.7 Å². The lowest BCUT2D eigenvalue weighted by Gasteiger charge is -2.28. The molecule has 0 radical (unpaired) electrons. The predicted molar refractivity (Wildman–Crippen MR) is 161 cm³/mol. The zero-order valence-electron chi connectivity index (χ0n) is 22.8. The van der Waals surface area contributed by atoms with Crippen molar-refractivity contribution in [2.45, 2.75) is 32.5 Å². The Bertz CT molecular complexity index is 1460. The quantitative estimate of drug-likeness (QED) is 0.256. The summed E-state index contributed by atoms with van der Waals surface area (Å²) in [5.41, 5.74) is 6.02. The zero-order valence-corrected chi connectivity index (χ0v) is 23.7. The van der Waals surface area contributed by atoms with E-state index in [0.717, 1.165) is 23.6 Å². The molecular formula is C31H33N5O3S. The Morgan fingerprint density at radius 3 is 2.50 bits per heavy atom. The van der Waals surface area contributed by atoms with Gasteiger partial charge in [0.25, 0.3) is 5.91 Å². The molecular weight excluding hydrogens is 522 g/mol. The molecule has 1 amide bonds. The van der Waals surface area contributed by atoms with E-state index in [0.29, 0.717) is 23.2 Å². The predicted octanol–water partition coefficient (Wildman–Crippen LogP) is 5.34. The largest absolute Gasteiger partial charge is 0.484 e. The number of anilines is 2. The van der Waals surface area contributed by atoms with Crippen molar-refractivity contribution < 1.29 is 14.3 Å². The number of carbonyl (C=O) groups excluding carboxylic acids is 1. The van der Waals surface area contributed by atoms with Crippen LogP contribution in [-0.2, 0) is 16.1 Å². The van der Waals surface area contributed by atoms with Gasteiger partial charge in [-0.1, -0.05) is 24.3 Å². The molecule has 9 heteroatoms. The van der Waals surface area contributed by atoms with Crippen LogP contribution < -0.4 is 20.3 Å². The van der Waals surface area contributed by atoms with Crippen molar-refractivity contribution in [2.24, 2.45) is 0 Å². The maximum atomic E-state index is 12.5. The number of thiocarbonyl (C=S) groups is 1. The number of pyridine rings is 1. The number of aromatic nitrogens is 2. The molecule has 2 N–H and O–H groups in total. The van der Waals surface area contributed by atoms with Gasteiger partial charge >= 0.3 is 0 Å². The summed E-state index contributed by atoms with van der Waals surface area (Å²) in [5.74, 6) is 0.421. The van der Waals surface area contributed by atoms with E-state index in [9.17, 15) is 4.79 Å². The fourth-order valence-corrected chi connectivity index (χ4v) is 5.52. The lowest BCUT2D eigenvalue weighted by Crippen LogP contribution is -2.29. The van der Waals surface area contributed by atoms with Crippen molar-refractivity contribution in [3.8, 4) is 5.75 Å². The number of ether oxygens (including phenoxy) is 2. The minimum atomic E-state index is -0.230. The Morgan fingerprint density at radius 2 is 1.80 bits per heavy atom. The van der Waals surface area contributed by atoms with Gasteiger partial charge in [-0.3, -0.25) is 9.78 Å². The molecule has 206 valence electrons.